The molecular formula is C13H17N5O2. The third-order valence-corrected chi connectivity index (χ3v) is 2.97. The molecule has 0 aliphatic carbocycles. The highest BCUT2D eigenvalue weighted by atomic mass is 16.6. The van der Waals surface area contributed by atoms with Crippen LogP contribution in [0.1, 0.15) is 19.7 Å². The van der Waals surface area contributed by atoms with E-state index in [9.17, 15) is 0 Å². The summed E-state index contributed by atoms with van der Waals surface area (Å²) in [5.74, 6) is 2.25. The van der Waals surface area contributed by atoms with Gasteiger partial charge in [-0.15, -0.1) is 5.10 Å². The second kappa shape index (κ2) is 5.46. The first-order chi connectivity index (χ1) is 9.74. The average molecular weight is 275 g/mol. The van der Waals surface area contributed by atoms with Gasteiger partial charge in [0.25, 0.3) is 0 Å². The maximum Gasteiger partial charge on any atom is 0.170 e. The van der Waals surface area contributed by atoms with Crippen LogP contribution in [0.5, 0.6) is 11.5 Å². The molecule has 106 valence electrons. The second-order valence-electron chi connectivity index (χ2n) is 4.87. The first-order valence-corrected chi connectivity index (χ1v) is 6.64. The van der Waals surface area contributed by atoms with Crippen LogP contribution in [-0.4, -0.2) is 39.5 Å². The molecule has 20 heavy (non-hydrogen) atoms. The molecule has 0 spiro atoms. The molecule has 0 amide bonds. The number of fused-ring (bicyclic) bond motifs is 1. The van der Waals surface area contributed by atoms with E-state index < -0.39 is 0 Å². The number of aromatic nitrogens is 4. The van der Waals surface area contributed by atoms with E-state index in [4.69, 9.17) is 9.47 Å². The van der Waals surface area contributed by atoms with Crippen LogP contribution in [0, 0.1) is 0 Å². The molecule has 0 radical (unpaired) electrons. The Morgan fingerprint density at radius 2 is 2.05 bits per heavy atom. The summed E-state index contributed by atoms with van der Waals surface area (Å²) < 4.78 is 12.8. The summed E-state index contributed by atoms with van der Waals surface area (Å²) in [6, 6.07) is 6.07. The van der Waals surface area contributed by atoms with Crippen molar-refractivity contribution < 1.29 is 9.47 Å². The molecule has 3 rings (SSSR count). The summed E-state index contributed by atoms with van der Waals surface area (Å²) in [5, 5.41) is 15.1. The van der Waals surface area contributed by atoms with Crippen molar-refractivity contribution >= 4 is 0 Å². The van der Waals surface area contributed by atoms with Gasteiger partial charge in [-0.1, -0.05) is 13.8 Å². The molecule has 7 heteroatoms. The quantitative estimate of drug-likeness (QED) is 0.895. The number of ether oxygens (including phenoxy) is 2. The SMILES string of the molecule is CC(C)NCc1nnnn1-c1ccc2c(c1)OCCO2. The van der Waals surface area contributed by atoms with Crippen molar-refractivity contribution in [3.63, 3.8) is 0 Å². The normalized spacial score (nSPS) is 13.8. The molecule has 0 saturated carbocycles. The molecule has 7 nitrogen and oxygen atoms in total. The summed E-state index contributed by atoms with van der Waals surface area (Å²) in [4.78, 5) is 0. The number of hydrogen-bond acceptors (Lipinski definition) is 6. The molecule has 1 aromatic carbocycles. The van der Waals surface area contributed by atoms with Crippen LogP contribution in [-0.2, 0) is 6.54 Å². The molecule has 2 heterocycles. The summed E-state index contributed by atoms with van der Waals surface area (Å²) in [6.45, 7) is 5.92. The lowest BCUT2D eigenvalue weighted by molar-refractivity contribution is 0.171. The third kappa shape index (κ3) is 2.57. The Bertz CT molecular complexity index is 596. The van der Waals surface area contributed by atoms with Gasteiger partial charge in [0.2, 0.25) is 0 Å². The van der Waals surface area contributed by atoms with Crippen LogP contribution < -0.4 is 14.8 Å². The fraction of sp³-hybridized carbons (Fsp3) is 0.462. The van der Waals surface area contributed by atoms with Crippen molar-refractivity contribution in [3.8, 4) is 17.2 Å². The molecule has 0 bridgehead atoms. The molecule has 1 aromatic heterocycles. The number of nitrogens with zero attached hydrogens (tertiary/aromatic N) is 4. The van der Waals surface area contributed by atoms with Gasteiger partial charge in [-0.05, 0) is 22.6 Å². The number of tetrazole rings is 1. The van der Waals surface area contributed by atoms with E-state index in [1.807, 2.05) is 18.2 Å². The van der Waals surface area contributed by atoms with Crippen molar-refractivity contribution in [1.29, 1.82) is 0 Å². The third-order valence-electron chi connectivity index (χ3n) is 2.97. The molecule has 1 aliphatic heterocycles. The van der Waals surface area contributed by atoms with Crippen molar-refractivity contribution in [2.45, 2.75) is 26.4 Å². The largest absolute Gasteiger partial charge is 0.486 e. The van der Waals surface area contributed by atoms with Crippen LogP contribution in [0.3, 0.4) is 0 Å². The Balaban J connectivity index is 1.87. The lowest BCUT2D eigenvalue weighted by Gasteiger charge is -2.19. The van der Waals surface area contributed by atoms with Gasteiger partial charge in [-0.3, -0.25) is 0 Å². The van der Waals surface area contributed by atoms with Crippen LogP contribution >= 0.6 is 0 Å². The smallest absolute Gasteiger partial charge is 0.170 e. The first kappa shape index (κ1) is 12.9. The minimum absolute atomic E-state index is 0.375. The number of rotatable bonds is 4. The monoisotopic (exact) mass is 275 g/mol. The predicted molar refractivity (Wildman–Crippen MR) is 72.1 cm³/mol. The Morgan fingerprint density at radius 3 is 2.85 bits per heavy atom. The van der Waals surface area contributed by atoms with Gasteiger partial charge < -0.3 is 14.8 Å². The summed E-state index contributed by atoms with van der Waals surface area (Å²) in [7, 11) is 0. The minimum atomic E-state index is 0.375. The first-order valence-electron chi connectivity index (χ1n) is 6.64. The van der Waals surface area contributed by atoms with E-state index in [1.165, 1.54) is 0 Å². The van der Waals surface area contributed by atoms with E-state index in [0.29, 0.717) is 25.8 Å². The molecule has 0 saturated heterocycles. The zero-order chi connectivity index (χ0) is 13.9. The molecule has 1 aliphatic rings. The number of nitrogens with one attached hydrogen (secondary N) is 1. The molecule has 0 fully saturated rings. The van der Waals surface area contributed by atoms with Crippen LogP contribution in [0.15, 0.2) is 18.2 Å². The van der Waals surface area contributed by atoms with E-state index in [2.05, 4.69) is 34.7 Å². The van der Waals surface area contributed by atoms with Crippen molar-refractivity contribution in [1.82, 2.24) is 25.5 Å². The summed E-state index contributed by atoms with van der Waals surface area (Å²) in [6.07, 6.45) is 0. The maximum atomic E-state index is 5.58. The highest BCUT2D eigenvalue weighted by molar-refractivity contribution is 5.49. The highest BCUT2D eigenvalue weighted by Gasteiger charge is 2.15. The summed E-state index contributed by atoms with van der Waals surface area (Å²) in [5.41, 5.74) is 0.861. The molecule has 2 aromatic rings. The molecule has 1 N–H and O–H groups in total. The Kier molecular flexibility index (Phi) is 3.51. The van der Waals surface area contributed by atoms with Crippen LogP contribution in [0.25, 0.3) is 5.69 Å². The fourth-order valence-electron chi connectivity index (χ4n) is 1.98. The standard InChI is InChI=1S/C13H17N5O2/c1-9(2)14-8-13-15-16-17-18(13)10-3-4-11-12(7-10)20-6-5-19-11/h3-4,7,9,14H,5-6,8H2,1-2H3. The van der Waals surface area contributed by atoms with Crippen molar-refractivity contribution in [2.24, 2.45) is 0 Å². The second-order valence-corrected chi connectivity index (χ2v) is 4.87. The van der Waals surface area contributed by atoms with Crippen molar-refractivity contribution in [2.75, 3.05) is 13.2 Å². The lowest BCUT2D eigenvalue weighted by atomic mass is 10.2. The molecule has 0 atom stereocenters. The number of benzene rings is 1. The Morgan fingerprint density at radius 1 is 1.25 bits per heavy atom. The summed E-state index contributed by atoms with van der Waals surface area (Å²) >= 11 is 0. The van der Waals surface area contributed by atoms with Gasteiger partial charge in [-0.25, -0.2) is 0 Å². The van der Waals surface area contributed by atoms with Gasteiger partial charge in [0.15, 0.2) is 17.3 Å². The topological polar surface area (TPSA) is 74.1 Å². The zero-order valence-electron chi connectivity index (χ0n) is 11.5. The van der Waals surface area contributed by atoms with Crippen LogP contribution in [0.2, 0.25) is 0 Å². The van der Waals surface area contributed by atoms with Crippen LogP contribution in [0.4, 0.5) is 0 Å². The van der Waals surface area contributed by atoms with Gasteiger partial charge in [0.1, 0.15) is 13.2 Å². The highest BCUT2D eigenvalue weighted by Crippen LogP contribution is 2.31. The fourth-order valence-corrected chi connectivity index (χ4v) is 1.98. The Hall–Kier alpha value is -2.15. The van der Waals surface area contributed by atoms with Gasteiger partial charge in [0.05, 0.1) is 12.2 Å². The lowest BCUT2D eigenvalue weighted by Crippen LogP contribution is -2.24. The zero-order valence-corrected chi connectivity index (χ0v) is 11.5. The van der Waals surface area contributed by atoms with E-state index >= 15 is 0 Å². The van der Waals surface area contributed by atoms with E-state index in [1.54, 1.807) is 4.68 Å². The van der Waals surface area contributed by atoms with Gasteiger partial charge in [0, 0.05) is 12.1 Å². The van der Waals surface area contributed by atoms with Gasteiger partial charge >= 0.3 is 0 Å². The van der Waals surface area contributed by atoms with Gasteiger partial charge in [-0.2, -0.15) is 4.68 Å². The van der Waals surface area contributed by atoms with E-state index in [-0.39, 0.29) is 0 Å². The maximum absolute atomic E-state index is 5.58. The van der Waals surface area contributed by atoms with E-state index in [0.717, 1.165) is 23.0 Å². The molecular weight excluding hydrogens is 258 g/mol. The minimum Gasteiger partial charge on any atom is -0.486 e. The van der Waals surface area contributed by atoms with Crippen molar-refractivity contribution in [3.05, 3.63) is 24.0 Å². The predicted octanol–water partition coefficient (Wildman–Crippen LogP) is 0.931. The Labute approximate surface area is 116 Å². The average Bonchev–Trinajstić information content (AvgIpc) is 2.93. The number of hydrogen-bond donors (Lipinski definition) is 1. The molecule has 0 unspecified atom stereocenters.